The number of hydrogen-bond donors (Lipinski definition) is 1. The summed E-state index contributed by atoms with van der Waals surface area (Å²) in [5.41, 5.74) is 1.06. The van der Waals surface area contributed by atoms with Crippen LogP contribution < -0.4 is 10.1 Å². The molecule has 2 heteroatoms. The molecule has 0 spiro atoms. The van der Waals surface area contributed by atoms with Crippen LogP contribution in [-0.4, -0.2) is 6.04 Å². The second kappa shape index (κ2) is 8.35. The van der Waals surface area contributed by atoms with E-state index < -0.39 is 0 Å². The van der Waals surface area contributed by atoms with Gasteiger partial charge in [0, 0.05) is 6.04 Å². The number of rotatable bonds is 8. The minimum atomic E-state index is 0.456. The maximum atomic E-state index is 5.97. The van der Waals surface area contributed by atoms with Crippen LogP contribution in [0.25, 0.3) is 0 Å². The Hall–Kier alpha value is -1.96. The zero-order valence-corrected chi connectivity index (χ0v) is 13.0. The summed E-state index contributed by atoms with van der Waals surface area (Å²) in [4.78, 5) is 0. The summed E-state index contributed by atoms with van der Waals surface area (Å²) in [7, 11) is 0. The third-order valence-corrected chi connectivity index (χ3v) is 3.50. The fourth-order valence-electron chi connectivity index (χ4n) is 2.33. The molecule has 0 heterocycles. The Bertz CT molecular complexity index is 524. The quantitative estimate of drug-likeness (QED) is 0.613. The van der Waals surface area contributed by atoms with Gasteiger partial charge in [-0.25, -0.2) is 0 Å². The molecule has 0 aliphatic heterocycles. The summed E-state index contributed by atoms with van der Waals surface area (Å²) >= 11 is 0. The molecule has 2 nitrogen and oxygen atoms in total. The third-order valence-electron chi connectivity index (χ3n) is 3.50. The molecule has 2 aromatic rings. The summed E-state index contributed by atoms with van der Waals surface area (Å²) in [6.07, 6.45) is 5.02. The Kier molecular flexibility index (Phi) is 6.14. The maximum absolute atomic E-state index is 5.97. The van der Waals surface area contributed by atoms with Gasteiger partial charge in [0.15, 0.2) is 5.75 Å². The Morgan fingerprint density at radius 2 is 1.67 bits per heavy atom. The Morgan fingerprint density at radius 1 is 0.952 bits per heavy atom. The van der Waals surface area contributed by atoms with Crippen LogP contribution in [0.3, 0.4) is 0 Å². The number of hydrogen-bond acceptors (Lipinski definition) is 2. The van der Waals surface area contributed by atoms with E-state index in [4.69, 9.17) is 4.74 Å². The van der Waals surface area contributed by atoms with Gasteiger partial charge >= 0.3 is 0 Å². The predicted octanol–water partition coefficient (Wildman–Crippen LogP) is 5.86. The Balaban J connectivity index is 1.99. The number of benzene rings is 2. The van der Waals surface area contributed by atoms with Gasteiger partial charge < -0.3 is 10.1 Å². The van der Waals surface area contributed by atoms with Crippen molar-refractivity contribution >= 4 is 5.69 Å². The summed E-state index contributed by atoms with van der Waals surface area (Å²) in [6.45, 7) is 4.47. The zero-order valence-electron chi connectivity index (χ0n) is 13.0. The molecule has 0 bridgehead atoms. The van der Waals surface area contributed by atoms with Crippen molar-refractivity contribution in [3.8, 4) is 11.5 Å². The van der Waals surface area contributed by atoms with E-state index in [1.807, 2.05) is 48.5 Å². The fraction of sp³-hybridized carbons (Fsp3) is 0.368. The van der Waals surface area contributed by atoms with Crippen LogP contribution in [0.15, 0.2) is 54.6 Å². The molecule has 0 saturated carbocycles. The lowest BCUT2D eigenvalue weighted by molar-refractivity contribution is 0.483. The van der Waals surface area contributed by atoms with Gasteiger partial charge in [0.1, 0.15) is 5.75 Å². The highest BCUT2D eigenvalue weighted by Gasteiger charge is 2.07. The molecule has 1 N–H and O–H groups in total. The van der Waals surface area contributed by atoms with Gasteiger partial charge in [0.05, 0.1) is 5.69 Å². The first-order valence-corrected chi connectivity index (χ1v) is 7.88. The van der Waals surface area contributed by atoms with Crippen molar-refractivity contribution in [3.63, 3.8) is 0 Å². The highest BCUT2D eigenvalue weighted by molar-refractivity contribution is 5.57. The van der Waals surface area contributed by atoms with Gasteiger partial charge in [-0.1, -0.05) is 56.5 Å². The van der Waals surface area contributed by atoms with E-state index in [2.05, 4.69) is 25.2 Å². The van der Waals surface area contributed by atoms with Crippen molar-refractivity contribution in [1.82, 2.24) is 0 Å². The number of para-hydroxylation sites is 3. The molecular weight excluding hydrogens is 258 g/mol. The highest BCUT2D eigenvalue weighted by Crippen LogP contribution is 2.29. The molecule has 2 aromatic carbocycles. The Morgan fingerprint density at radius 3 is 2.43 bits per heavy atom. The maximum Gasteiger partial charge on any atom is 0.150 e. The van der Waals surface area contributed by atoms with Gasteiger partial charge in [-0.15, -0.1) is 0 Å². The number of ether oxygens (including phenoxy) is 1. The molecule has 1 atom stereocenters. The molecule has 0 amide bonds. The molecule has 112 valence electrons. The molecule has 21 heavy (non-hydrogen) atoms. The molecule has 1 unspecified atom stereocenters. The second-order valence-corrected chi connectivity index (χ2v) is 5.45. The van der Waals surface area contributed by atoms with Gasteiger partial charge in [0.25, 0.3) is 0 Å². The van der Waals surface area contributed by atoms with E-state index in [0.717, 1.165) is 17.2 Å². The summed E-state index contributed by atoms with van der Waals surface area (Å²) in [5, 5.41) is 3.56. The summed E-state index contributed by atoms with van der Waals surface area (Å²) in [6, 6.07) is 18.5. The second-order valence-electron chi connectivity index (χ2n) is 5.45. The van der Waals surface area contributed by atoms with E-state index in [1.54, 1.807) is 0 Å². The lowest BCUT2D eigenvalue weighted by Crippen LogP contribution is -2.15. The van der Waals surface area contributed by atoms with Crippen molar-refractivity contribution in [3.05, 3.63) is 54.6 Å². The normalized spacial score (nSPS) is 11.9. The van der Waals surface area contributed by atoms with Crippen LogP contribution in [0.1, 0.15) is 39.5 Å². The van der Waals surface area contributed by atoms with Crippen molar-refractivity contribution in [2.24, 2.45) is 0 Å². The van der Waals surface area contributed by atoms with Gasteiger partial charge in [-0.3, -0.25) is 0 Å². The number of anilines is 1. The topological polar surface area (TPSA) is 21.3 Å². The third kappa shape index (κ3) is 5.14. The summed E-state index contributed by atoms with van der Waals surface area (Å²) in [5.74, 6) is 1.75. The average molecular weight is 283 g/mol. The average Bonchev–Trinajstić information content (AvgIpc) is 2.51. The van der Waals surface area contributed by atoms with E-state index >= 15 is 0 Å². The lowest BCUT2D eigenvalue weighted by atomic mass is 10.1. The smallest absolute Gasteiger partial charge is 0.150 e. The van der Waals surface area contributed by atoms with Crippen molar-refractivity contribution in [2.75, 3.05) is 5.32 Å². The molecule has 0 aromatic heterocycles. The van der Waals surface area contributed by atoms with Crippen LogP contribution in [-0.2, 0) is 0 Å². The highest BCUT2D eigenvalue weighted by atomic mass is 16.5. The van der Waals surface area contributed by atoms with Gasteiger partial charge in [-0.2, -0.15) is 0 Å². The standard InChI is InChI=1S/C19H25NO/c1-3-4-6-11-16(2)20-18-14-9-10-15-19(18)21-17-12-7-5-8-13-17/h5,7-10,12-16,20H,3-4,6,11H2,1-2H3. The molecule has 0 radical (unpaired) electrons. The predicted molar refractivity (Wildman–Crippen MR) is 90.2 cm³/mol. The van der Waals surface area contributed by atoms with Gasteiger partial charge in [0.2, 0.25) is 0 Å². The van der Waals surface area contributed by atoms with Crippen molar-refractivity contribution in [2.45, 2.75) is 45.6 Å². The first-order chi connectivity index (χ1) is 10.3. The van der Waals surface area contributed by atoms with E-state index in [0.29, 0.717) is 6.04 Å². The molecule has 0 saturated heterocycles. The lowest BCUT2D eigenvalue weighted by Gasteiger charge is -2.18. The number of unbranched alkanes of at least 4 members (excludes halogenated alkanes) is 2. The van der Waals surface area contributed by atoms with Crippen LogP contribution in [0.5, 0.6) is 11.5 Å². The van der Waals surface area contributed by atoms with E-state index in [9.17, 15) is 0 Å². The van der Waals surface area contributed by atoms with Crippen LogP contribution in [0, 0.1) is 0 Å². The van der Waals surface area contributed by atoms with Crippen molar-refractivity contribution < 1.29 is 4.74 Å². The van der Waals surface area contributed by atoms with E-state index in [-0.39, 0.29) is 0 Å². The van der Waals surface area contributed by atoms with Gasteiger partial charge in [-0.05, 0) is 37.6 Å². The first-order valence-electron chi connectivity index (χ1n) is 7.88. The molecule has 0 aliphatic rings. The molecule has 2 rings (SSSR count). The van der Waals surface area contributed by atoms with Crippen LogP contribution >= 0.6 is 0 Å². The molecule has 0 aliphatic carbocycles. The van der Waals surface area contributed by atoms with Crippen LogP contribution in [0.2, 0.25) is 0 Å². The fourth-order valence-corrected chi connectivity index (χ4v) is 2.33. The van der Waals surface area contributed by atoms with E-state index in [1.165, 1.54) is 25.7 Å². The minimum absolute atomic E-state index is 0.456. The number of nitrogens with one attached hydrogen (secondary N) is 1. The summed E-state index contributed by atoms with van der Waals surface area (Å²) < 4.78 is 5.97. The van der Waals surface area contributed by atoms with Crippen LogP contribution in [0.4, 0.5) is 5.69 Å². The first kappa shape index (κ1) is 15.4. The SMILES string of the molecule is CCCCCC(C)Nc1ccccc1Oc1ccccc1. The largest absolute Gasteiger partial charge is 0.455 e. The molecular formula is C19H25NO. The minimum Gasteiger partial charge on any atom is -0.455 e. The van der Waals surface area contributed by atoms with Crippen molar-refractivity contribution in [1.29, 1.82) is 0 Å². The molecule has 0 fully saturated rings. The monoisotopic (exact) mass is 283 g/mol. The zero-order chi connectivity index (χ0) is 14.9. The Labute approximate surface area is 128 Å².